The summed E-state index contributed by atoms with van der Waals surface area (Å²) < 4.78 is 0. The number of nitrogens with one attached hydrogen (secondary N) is 2. The zero-order valence-corrected chi connectivity index (χ0v) is 17.2. The van der Waals surface area contributed by atoms with Crippen LogP contribution >= 0.6 is 12.2 Å². The third-order valence-electron chi connectivity index (χ3n) is 5.36. The summed E-state index contributed by atoms with van der Waals surface area (Å²) in [4.78, 5) is 14.4. The molecule has 2 saturated heterocycles. The Labute approximate surface area is 168 Å². The summed E-state index contributed by atoms with van der Waals surface area (Å²) in [7, 11) is 0. The number of hydrogen-bond acceptors (Lipinski definition) is 5. The predicted octanol–water partition coefficient (Wildman–Crippen LogP) is 3.71. The van der Waals surface area contributed by atoms with Crippen LogP contribution in [0.4, 0.5) is 17.6 Å². The van der Waals surface area contributed by atoms with E-state index in [1.807, 2.05) is 0 Å². The molecule has 3 rings (SSSR count). The quantitative estimate of drug-likeness (QED) is 0.589. The Morgan fingerprint density at radius 1 is 1.15 bits per heavy atom. The molecule has 1 unspecified atom stereocenters. The smallest absolute Gasteiger partial charge is 0.232 e. The van der Waals surface area contributed by atoms with Crippen LogP contribution in [0.5, 0.6) is 0 Å². The standard InChI is InChI=1S/C20H32N6S/c1-3-11-21-20(27)24-19-22-17(25-12-7-4-5-8-13-25)15-18(23-19)26-14-9-6-10-16(26)2/h3,15-16H,1,4-14H2,2H3,(H2,21,22,23,24,27). The van der Waals surface area contributed by atoms with Gasteiger partial charge in [-0.15, -0.1) is 6.58 Å². The Bertz CT molecular complexity index is 641. The molecule has 0 bridgehead atoms. The summed E-state index contributed by atoms with van der Waals surface area (Å²) >= 11 is 5.37. The minimum atomic E-state index is 0.504. The Morgan fingerprint density at radius 3 is 2.56 bits per heavy atom. The number of rotatable bonds is 5. The number of aromatic nitrogens is 2. The van der Waals surface area contributed by atoms with Gasteiger partial charge < -0.3 is 20.4 Å². The second-order valence-electron chi connectivity index (χ2n) is 7.47. The maximum Gasteiger partial charge on any atom is 0.232 e. The molecule has 148 valence electrons. The Morgan fingerprint density at radius 2 is 1.85 bits per heavy atom. The fraction of sp³-hybridized carbons (Fsp3) is 0.650. The summed E-state index contributed by atoms with van der Waals surface area (Å²) in [5.41, 5.74) is 0. The van der Waals surface area contributed by atoms with Crippen LogP contribution in [0.1, 0.15) is 51.9 Å². The van der Waals surface area contributed by atoms with E-state index in [1.54, 1.807) is 6.08 Å². The number of thiocarbonyl (C=S) groups is 1. The maximum atomic E-state index is 5.37. The average molecular weight is 389 g/mol. The molecular formula is C20H32N6S. The van der Waals surface area contributed by atoms with E-state index in [2.05, 4.69) is 40.0 Å². The van der Waals surface area contributed by atoms with Crippen LogP contribution in [0, 0.1) is 0 Å². The third kappa shape index (κ3) is 5.54. The first-order chi connectivity index (χ1) is 13.2. The molecule has 1 aromatic heterocycles. The first kappa shape index (κ1) is 19.9. The van der Waals surface area contributed by atoms with Crippen molar-refractivity contribution in [3.05, 3.63) is 18.7 Å². The van der Waals surface area contributed by atoms with E-state index in [0.29, 0.717) is 23.6 Å². The van der Waals surface area contributed by atoms with Gasteiger partial charge in [-0.2, -0.15) is 9.97 Å². The molecule has 2 fully saturated rings. The van der Waals surface area contributed by atoms with E-state index in [-0.39, 0.29) is 0 Å². The van der Waals surface area contributed by atoms with Gasteiger partial charge in [0, 0.05) is 38.3 Å². The fourth-order valence-electron chi connectivity index (χ4n) is 3.84. The zero-order chi connectivity index (χ0) is 19.1. The molecule has 2 aliphatic heterocycles. The van der Waals surface area contributed by atoms with Gasteiger partial charge in [-0.1, -0.05) is 18.9 Å². The Kier molecular flexibility index (Phi) is 7.26. The Hall–Kier alpha value is -1.89. The number of anilines is 3. The lowest BCUT2D eigenvalue weighted by atomic mass is 10.0. The lowest BCUT2D eigenvalue weighted by molar-refractivity contribution is 0.481. The van der Waals surface area contributed by atoms with Gasteiger partial charge in [-0.05, 0) is 51.2 Å². The van der Waals surface area contributed by atoms with E-state index in [9.17, 15) is 0 Å². The summed E-state index contributed by atoms with van der Waals surface area (Å²) in [6.07, 6.45) is 10.6. The Balaban J connectivity index is 1.86. The van der Waals surface area contributed by atoms with Crippen LogP contribution in [0.2, 0.25) is 0 Å². The minimum absolute atomic E-state index is 0.504. The van der Waals surface area contributed by atoms with Gasteiger partial charge in [0.25, 0.3) is 0 Å². The lowest BCUT2D eigenvalue weighted by Crippen LogP contribution is -2.38. The molecule has 6 nitrogen and oxygen atoms in total. The average Bonchev–Trinajstić information content (AvgIpc) is 2.96. The molecule has 0 aromatic carbocycles. The second kappa shape index (κ2) is 9.88. The van der Waals surface area contributed by atoms with Gasteiger partial charge in [0.1, 0.15) is 11.6 Å². The van der Waals surface area contributed by atoms with E-state index < -0.39 is 0 Å². The highest BCUT2D eigenvalue weighted by Crippen LogP contribution is 2.28. The highest BCUT2D eigenvalue weighted by molar-refractivity contribution is 7.80. The van der Waals surface area contributed by atoms with Gasteiger partial charge >= 0.3 is 0 Å². The first-order valence-electron chi connectivity index (χ1n) is 10.2. The van der Waals surface area contributed by atoms with Gasteiger partial charge in [0.05, 0.1) is 0 Å². The molecule has 7 heteroatoms. The van der Waals surface area contributed by atoms with Crippen molar-refractivity contribution in [3.8, 4) is 0 Å². The molecule has 3 heterocycles. The monoisotopic (exact) mass is 388 g/mol. The summed E-state index contributed by atoms with van der Waals surface area (Å²) in [5.74, 6) is 2.59. The van der Waals surface area contributed by atoms with E-state index in [1.165, 1.54) is 44.9 Å². The van der Waals surface area contributed by atoms with Crippen LogP contribution < -0.4 is 20.4 Å². The van der Waals surface area contributed by atoms with Crippen molar-refractivity contribution in [1.82, 2.24) is 15.3 Å². The second-order valence-corrected chi connectivity index (χ2v) is 7.88. The van der Waals surface area contributed by atoms with Crippen molar-refractivity contribution < 1.29 is 0 Å². The molecule has 27 heavy (non-hydrogen) atoms. The topological polar surface area (TPSA) is 56.3 Å². The first-order valence-corrected chi connectivity index (χ1v) is 10.6. The lowest BCUT2D eigenvalue weighted by Gasteiger charge is -2.35. The van der Waals surface area contributed by atoms with Crippen molar-refractivity contribution >= 4 is 34.9 Å². The third-order valence-corrected chi connectivity index (χ3v) is 5.61. The van der Waals surface area contributed by atoms with Gasteiger partial charge in [-0.25, -0.2) is 0 Å². The molecule has 2 aliphatic rings. The maximum absolute atomic E-state index is 5.37. The molecule has 0 radical (unpaired) electrons. The SMILES string of the molecule is C=CCNC(=S)Nc1nc(N2CCCCCC2)cc(N2CCCCC2C)n1. The summed E-state index contributed by atoms with van der Waals surface area (Å²) in [6.45, 7) is 9.79. The molecule has 1 aromatic rings. The predicted molar refractivity (Wildman–Crippen MR) is 118 cm³/mol. The van der Waals surface area contributed by atoms with Crippen LogP contribution in [0.25, 0.3) is 0 Å². The van der Waals surface area contributed by atoms with Crippen LogP contribution in [-0.4, -0.2) is 47.3 Å². The van der Waals surface area contributed by atoms with Crippen LogP contribution in [0.3, 0.4) is 0 Å². The normalized spacial score (nSPS) is 20.7. The number of piperidine rings is 1. The van der Waals surface area contributed by atoms with Crippen molar-refractivity contribution in [1.29, 1.82) is 0 Å². The molecule has 0 aliphatic carbocycles. The zero-order valence-electron chi connectivity index (χ0n) is 16.4. The molecule has 0 saturated carbocycles. The fourth-order valence-corrected chi connectivity index (χ4v) is 4.01. The van der Waals surface area contributed by atoms with Gasteiger partial charge in [0.2, 0.25) is 5.95 Å². The van der Waals surface area contributed by atoms with E-state index in [4.69, 9.17) is 22.2 Å². The molecule has 0 amide bonds. The summed E-state index contributed by atoms with van der Waals surface area (Å²) in [6, 6.07) is 2.67. The largest absolute Gasteiger partial charge is 0.359 e. The highest BCUT2D eigenvalue weighted by Gasteiger charge is 2.22. The van der Waals surface area contributed by atoms with Gasteiger partial charge in [-0.3, -0.25) is 0 Å². The van der Waals surface area contributed by atoms with E-state index >= 15 is 0 Å². The molecule has 0 spiro atoms. The van der Waals surface area contributed by atoms with Crippen molar-refractivity contribution in [2.75, 3.05) is 41.3 Å². The highest BCUT2D eigenvalue weighted by atomic mass is 32.1. The number of hydrogen-bond donors (Lipinski definition) is 2. The molecule has 1 atom stereocenters. The van der Waals surface area contributed by atoms with Crippen molar-refractivity contribution in [3.63, 3.8) is 0 Å². The van der Waals surface area contributed by atoms with Crippen LogP contribution in [0.15, 0.2) is 18.7 Å². The van der Waals surface area contributed by atoms with Crippen molar-refractivity contribution in [2.45, 2.75) is 57.9 Å². The van der Waals surface area contributed by atoms with Crippen LogP contribution in [-0.2, 0) is 0 Å². The summed E-state index contributed by atoms with van der Waals surface area (Å²) in [5, 5.41) is 6.78. The molecular weight excluding hydrogens is 356 g/mol. The van der Waals surface area contributed by atoms with E-state index in [0.717, 1.165) is 31.3 Å². The minimum Gasteiger partial charge on any atom is -0.359 e. The molecule has 2 N–H and O–H groups in total. The number of nitrogens with zero attached hydrogens (tertiary/aromatic N) is 4. The van der Waals surface area contributed by atoms with Gasteiger partial charge in [0.15, 0.2) is 5.11 Å². The van der Waals surface area contributed by atoms with Crippen molar-refractivity contribution in [2.24, 2.45) is 0 Å².